The van der Waals surface area contributed by atoms with Crippen LogP contribution < -0.4 is 9.60 Å². The van der Waals surface area contributed by atoms with Crippen molar-refractivity contribution < 1.29 is 12.8 Å². The number of fused-ring (bicyclic) bond motifs is 1. The lowest BCUT2D eigenvalue weighted by Gasteiger charge is -2.09. The van der Waals surface area contributed by atoms with Gasteiger partial charge in [-0.2, -0.15) is 0 Å². The maximum Gasteiger partial charge on any atom is 0.308 e. The lowest BCUT2D eigenvalue weighted by molar-refractivity contribution is 0.593. The molecule has 0 saturated carbocycles. The van der Waals surface area contributed by atoms with Gasteiger partial charge in [0.1, 0.15) is 5.82 Å². The van der Waals surface area contributed by atoms with Crippen molar-refractivity contribution in [1.82, 2.24) is 4.57 Å². The number of anilines is 1. The molecular formula is C16H15FN2O3S2. The maximum absolute atomic E-state index is 13.6. The summed E-state index contributed by atoms with van der Waals surface area (Å²) in [6.45, 7) is 3.98. The zero-order chi connectivity index (χ0) is 17.5. The lowest BCUT2D eigenvalue weighted by atomic mass is 10.2. The van der Waals surface area contributed by atoms with Gasteiger partial charge in [0, 0.05) is 6.54 Å². The zero-order valence-electron chi connectivity index (χ0n) is 13.0. The van der Waals surface area contributed by atoms with E-state index < -0.39 is 15.8 Å². The molecule has 24 heavy (non-hydrogen) atoms. The molecule has 2 aromatic carbocycles. The standard InChI is InChI=1S/C16H15FN2O3S2/c1-3-19-14-7-5-11(8-15(14)23-16(19)20)18-24(21,22)12-6-4-10(2)13(17)9-12/h4-9,18H,3H2,1-2H3. The summed E-state index contributed by atoms with van der Waals surface area (Å²) < 4.78 is 43.1. The molecule has 3 aromatic rings. The molecule has 0 saturated heterocycles. The molecule has 0 unspecified atom stereocenters. The molecule has 0 atom stereocenters. The second kappa shape index (κ2) is 6.03. The number of rotatable bonds is 4. The number of hydrogen-bond acceptors (Lipinski definition) is 4. The van der Waals surface area contributed by atoms with Gasteiger partial charge in [-0.1, -0.05) is 17.4 Å². The third kappa shape index (κ3) is 2.94. The van der Waals surface area contributed by atoms with E-state index >= 15 is 0 Å². The van der Waals surface area contributed by atoms with Crippen molar-refractivity contribution in [2.45, 2.75) is 25.3 Å². The molecule has 0 spiro atoms. The molecule has 0 bridgehead atoms. The van der Waals surface area contributed by atoms with Crippen LogP contribution in [0.15, 0.2) is 46.1 Å². The van der Waals surface area contributed by atoms with Crippen LogP contribution in [0.25, 0.3) is 10.2 Å². The highest BCUT2D eigenvalue weighted by atomic mass is 32.2. The van der Waals surface area contributed by atoms with Gasteiger partial charge in [-0.15, -0.1) is 0 Å². The predicted octanol–water partition coefficient (Wildman–Crippen LogP) is 3.33. The molecule has 1 N–H and O–H groups in total. The summed E-state index contributed by atoms with van der Waals surface area (Å²) in [5, 5.41) is 0. The first-order chi connectivity index (χ1) is 11.3. The van der Waals surface area contributed by atoms with Crippen LogP contribution >= 0.6 is 11.3 Å². The number of benzene rings is 2. The van der Waals surface area contributed by atoms with Crippen molar-refractivity contribution >= 4 is 37.3 Å². The predicted molar refractivity (Wildman–Crippen MR) is 93.7 cm³/mol. The number of thiazole rings is 1. The van der Waals surface area contributed by atoms with Crippen LogP contribution in [0.1, 0.15) is 12.5 Å². The smallest absolute Gasteiger partial charge is 0.299 e. The van der Waals surface area contributed by atoms with Gasteiger partial charge in [0.2, 0.25) is 0 Å². The third-order valence-corrected chi connectivity index (χ3v) is 6.01. The van der Waals surface area contributed by atoms with E-state index in [1.54, 1.807) is 29.7 Å². The summed E-state index contributed by atoms with van der Waals surface area (Å²) >= 11 is 1.06. The van der Waals surface area contributed by atoms with E-state index in [0.717, 1.165) is 22.9 Å². The second-order valence-electron chi connectivity index (χ2n) is 5.31. The number of halogens is 1. The fourth-order valence-corrected chi connectivity index (χ4v) is 4.44. The highest BCUT2D eigenvalue weighted by Crippen LogP contribution is 2.24. The minimum Gasteiger partial charge on any atom is -0.299 e. The molecule has 0 amide bonds. The quantitative estimate of drug-likeness (QED) is 0.770. The van der Waals surface area contributed by atoms with E-state index in [2.05, 4.69) is 4.72 Å². The minimum atomic E-state index is -3.90. The van der Waals surface area contributed by atoms with Crippen LogP contribution in [0.3, 0.4) is 0 Å². The van der Waals surface area contributed by atoms with E-state index in [-0.39, 0.29) is 9.77 Å². The molecule has 0 radical (unpaired) electrons. The molecule has 0 aliphatic rings. The van der Waals surface area contributed by atoms with Gasteiger partial charge in [-0.05, 0) is 49.7 Å². The van der Waals surface area contributed by atoms with E-state index in [1.165, 1.54) is 12.1 Å². The Kier molecular flexibility index (Phi) is 4.18. The summed E-state index contributed by atoms with van der Waals surface area (Å²) in [7, 11) is -3.90. The van der Waals surface area contributed by atoms with E-state index in [4.69, 9.17) is 0 Å². The van der Waals surface area contributed by atoms with Gasteiger partial charge in [0.25, 0.3) is 10.0 Å². The molecule has 0 fully saturated rings. The minimum absolute atomic E-state index is 0.0897. The molecule has 1 heterocycles. The van der Waals surface area contributed by atoms with Crippen molar-refractivity contribution in [2.24, 2.45) is 0 Å². The first-order valence-corrected chi connectivity index (χ1v) is 9.54. The van der Waals surface area contributed by atoms with E-state index in [9.17, 15) is 17.6 Å². The third-order valence-electron chi connectivity index (χ3n) is 3.69. The van der Waals surface area contributed by atoms with Gasteiger partial charge < -0.3 is 0 Å². The summed E-state index contributed by atoms with van der Waals surface area (Å²) in [6.07, 6.45) is 0. The summed E-state index contributed by atoms with van der Waals surface area (Å²) in [6, 6.07) is 8.65. The van der Waals surface area contributed by atoms with Crippen LogP contribution in [0.5, 0.6) is 0 Å². The zero-order valence-corrected chi connectivity index (χ0v) is 14.7. The van der Waals surface area contributed by atoms with Crippen LogP contribution in [-0.2, 0) is 16.6 Å². The van der Waals surface area contributed by atoms with E-state index in [0.29, 0.717) is 22.5 Å². The number of aromatic nitrogens is 1. The topological polar surface area (TPSA) is 68.2 Å². The van der Waals surface area contributed by atoms with Crippen molar-refractivity contribution in [2.75, 3.05) is 4.72 Å². The fourth-order valence-electron chi connectivity index (χ4n) is 2.38. The fraction of sp³-hybridized carbons (Fsp3) is 0.188. The number of nitrogens with zero attached hydrogens (tertiary/aromatic N) is 1. The van der Waals surface area contributed by atoms with Crippen LogP contribution in [0, 0.1) is 12.7 Å². The Morgan fingerprint density at radius 2 is 1.96 bits per heavy atom. The molecule has 5 nitrogen and oxygen atoms in total. The first-order valence-electron chi connectivity index (χ1n) is 7.24. The van der Waals surface area contributed by atoms with Crippen molar-refractivity contribution in [3.05, 3.63) is 57.4 Å². The molecule has 3 rings (SSSR count). The van der Waals surface area contributed by atoms with Gasteiger partial charge in [-0.25, -0.2) is 12.8 Å². The van der Waals surface area contributed by atoms with Gasteiger partial charge in [-0.3, -0.25) is 14.1 Å². The highest BCUT2D eigenvalue weighted by Gasteiger charge is 2.16. The van der Waals surface area contributed by atoms with Crippen LogP contribution in [-0.4, -0.2) is 13.0 Å². The Morgan fingerprint density at radius 3 is 2.62 bits per heavy atom. The van der Waals surface area contributed by atoms with E-state index in [1.807, 2.05) is 6.92 Å². The monoisotopic (exact) mass is 366 g/mol. The first kappa shape index (κ1) is 16.7. The van der Waals surface area contributed by atoms with Crippen LogP contribution in [0.2, 0.25) is 0 Å². The molecule has 8 heteroatoms. The summed E-state index contributed by atoms with van der Waals surface area (Å²) in [5.74, 6) is -0.577. The SMILES string of the molecule is CCn1c(=O)sc2cc(NS(=O)(=O)c3ccc(C)c(F)c3)ccc21. The Balaban J connectivity index is 1.99. The molecule has 0 aliphatic carbocycles. The molecule has 0 aliphatic heterocycles. The van der Waals surface area contributed by atoms with Crippen molar-refractivity contribution in [3.63, 3.8) is 0 Å². The van der Waals surface area contributed by atoms with Crippen molar-refractivity contribution in [1.29, 1.82) is 0 Å². The maximum atomic E-state index is 13.6. The number of aryl methyl sites for hydroxylation is 2. The average molecular weight is 366 g/mol. The Morgan fingerprint density at radius 1 is 1.21 bits per heavy atom. The lowest BCUT2D eigenvalue weighted by Crippen LogP contribution is -2.13. The Bertz CT molecular complexity index is 1080. The second-order valence-corrected chi connectivity index (χ2v) is 7.99. The number of nitrogens with one attached hydrogen (secondary N) is 1. The largest absolute Gasteiger partial charge is 0.308 e. The van der Waals surface area contributed by atoms with Gasteiger partial charge in [0.05, 0.1) is 20.8 Å². The van der Waals surface area contributed by atoms with Crippen molar-refractivity contribution in [3.8, 4) is 0 Å². The Labute approximate surface area is 142 Å². The number of sulfonamides is 1. The van der Waals surface area contributed by atoms with Gasteiger partial charge in [0.15, 0.2) is 0 Å². The normalized spacial score (nSPS) is 11.8. The highest BCUT2D eigenvalue weighted by molar-refractivity contribution is 7.92. The molecule has 126 valence electrons. The molecular weight excluding hydrogens is 351 g/mol. The molecule has 1 aromatic heterocycles. The Hall–Kier alpha value is -2.19. The summed E-state index contributed by atoms with van der Waals surface area (Å²) in [4.78, 5) is 11.6. The average Bonchev–Trinajstić information content (AvgIpc) is 2.83. The van der Waals surface area contributed by atoms with Gasteiger partial charge >= 0.3 is 4.87 Å². The summed E-state index contributed by atoms with van der Waals surface area (Å²) in [5.41, 5.74) is 1.46. The number of hydrogen-bond donors (Lipinski definition) is 1. The van der Waals surface area contributed by atoms with Crippen LogP contribution in [0.4, 0.5) is 10.1 Å².